The van der Waals surface area contributed by atoms with Gasteiger partial charge in [0.1, 0.15) is 5.82 Å². The van der Waals surface area contributed by atoms with E-state index in [9.17, 15) is 4.39 Å². The van der Waals surface area contributed by atoms with Gasteiger partial charge in [0, 0.05) is 37.8 Å². The molecule has 1 aromatic rings. The Morgan fingerprint density at radius 2 is 1.91 bits per heavy atom. The zero-order valence-corrected chi connectivity index (χ0v) is 15.2. The summed E-state index contributed by atoms with van der Waals surface area (Å²) >= 11 is 12.4. The van der Waals surface area contributed by atoms with Crippen LogP contribution in [0.5, 0.6) is 0 Å². The van der Waals surface area contributed by atoms with Crippen molar-refractivity contribution in [3.63, 3.8) is 0 Å². The molecular weight excluding hydrogens is 346 g/mol. The largest absolute Gasteiger partial charge is 0.314 e. The molecule has 0 radical (unpaired) electrons. The number of nitrogens with one attached hydrogen (secondary N) is 1. The van der Waals surface area contributed by atoms with E-state index < -0.39 is 0 Å². The second-order valence-electron chi connectivity index (χ2n) is 5.55. The maximum Gasteiger partial charge on any atom is 0.129 e. The van der Waals surface area contributed by atoms with E-state index in [0.29, 0.717) is 15.6 Å². The molecule has 1 N–H and O–H groups in total. The van der Waals surface area contributed by atoms with Gasteiger partial charge in [-0.3, -0.25) is 4.90 Å². The van der Waals surface area contributed by atoms with Gasteiger partial charge in [0.05, 0.1) is 10.0 Å². The standard InChI is InChI=1S/C16H23Cl2FN2.ClH/c1-2-3-4-5-14(21-10-8-20-9-11-21)15-13(19)7-6-12(17)16(15)18;/h6-7,14,20H,2-5,8-11H2,1H3;1H/t14-;/m0./s1. The van der Waals surface area contributed by atoms with E-state index in [1.54, 1.807) is 0 Å². The van der Waals surface area contributed by atoms with Crippen molar-refractivity contribution in [1.82, 2.24) is 10.2 Å². The van der Waals surface area contributed by atoms with Crippen LogP contribution in [0, 0.1) is 5.82 Å². The van der Waals surface area contributed by atoms with Gasteiger partial charge < -0.3 is 5.32 Å². The summed E-state index contributed by atoms with van der Waals surface area (Å²) in [5.74, 6) is -0.246. The number of rotatable bonds is 6. The third-order valence-corrected chi connectivity index (χ3v) is 4.91. The number of halogens is 4. The first-order valence-corrected chi connectivity index (χ1v) is 8.49. The summed E-state index contributed by atoms with van der Waals surface area (Å²) in [4.78, 5) is 2.33. The van der Waals surface area contributed by atoms with Crippen LogP contribution < -0.4 is 5.32 Å². The third-order valence-electron chi connectivity index (χ3n) is 4.09. The minimum atomic E-state index is -0.246. The summed E-state index contributed by atoms with van der Waals surface area (Å²) < 4.78 is 14.4. The molecule has 126 valence electrons. The quantitative estimate of drug-likeness (QED) is 0.555. The molecule has 1 aliphatic rings. The van der Waals surface area contributed by atoms with Gasteiger partial charge in [0.2, 0.25) is 0 Å². The number of hydrogen-bond acceptors (Lipinski definition) is 2. The molecule has 1 aliphatic heterocycles. The Labute approximate surface area is 148 Å². The molecule has 0 saturated carbocycles. The van der Waals surface area contributed by atoms with Crippen molar-refractivity contribution in [2.24, 2.45) is 0 Å². The highest BCUT2D eigenvalue weighted by Crippen LogP contribution is 2.37. The molecule has 1 aromatic carbocycles. The smallest absolute Gasteiger partial charge is 0.129 e. The third kappa shape index (κ3) is 4.97. The summed E-state index contributed by atoms with van der Waals surface area (Å²) in [6.07, 6.45) is 4.31. The first-order valence-electron chi connectivity index (χ1n) is 7.73. The van der Waals surface area contributed by atoms with Crippen LogP contribution in [-0.2, 0) is 0 Å². The Kier molecular flexibility index (Phi) is 9.03. The zero-order chi connectivity index (χ0) is 15.2. The normalized spacial score (nSPS) is 17.1. The SMILES string of the molecule is CCCCC[C@@H](c1c(F)ccc(Cl)c1Cl)N1CCNCC1.Cl. The van der Waals surface area contributed by atoms with E-state index in [2.05, 4.69) is 17.1 Å². The molecule has 0 aromatic heterocycles. The van der Waals surface area contributed by atoms with Crippen molar-refractivity contribution in [2.45, 2.75) is 38.6 Å². The summed E-state index contributed by atoms with van der Waals surface area (Å²) in [5, 5.41) is 4.14. The fourth-order valence-corrected chi connectivity index (χ4v) is 3.38. The monoisotopic (exact) mass is 368 g/mol. The van der Waals surface area contributed by atoms with Crippen molar-refractivity contribution >= 4 is 35.6 Å². The average molecular weight is 370 g/mol. The molecule has 1 saturated heterocycles. The molecule has 1 atom stereocenters. The second kappa shape index (κ2) is 9.94. The number of hydrogen-bond donors (Lipinski definition) is 1. The van der Waals surface area contributed by atoms with E-state index in [-0.39, 0.29) is 24.3 Å². The number of unbranched alkanes of at least 4 members (excludes halogenated alkanes) is 2. The van der Waals surface area contributed by atoms with Gasteiger partial charge in [-0.25, -0.2) is 4.39 Å². The maximum atomic E-state index is 14.4. The lowest BCUT2D eigenvalue weighted by Crippen LogP contribution is -2.45. The van der Waals surface area contributed by atoms with Crippen molar-refractivity contribution in [3.8, 4) is 0 Å². The van der Waals surface area contributed by atoms with Gasteiger partial charge >= 0.3 is 0 Å². The highest BCUT2D eigenvalue weighted by atomic mass is 35.5. The van der Waals surface area contributed by atoms with Gasteiger partial charge in [-0.2, -0.15) is 0 Å². The fourth-order valence-electron chi connectivity index (χ4n) is 2.94. The number of benzene rings is 1. The number of nitrogens with zero attached hydrogens (tertiary/aromatic N) is 1. The maximum absolute atomic E-state index is 14.4. The van der Waals surface area contributed by atoms with Crippen LogP contribution >= 0.6 is 35.6 Å². The summed E-state index contributed by atoms with van der Waals surface area (Å²) in [5.41, 5.74) is 0.571. The molecule has 1 heterocycles. The molecular formula is C16H24Cl3FN2. The Hall–Kier alpha value is -0.0600. The molecule has 22 heavy (non-hydrogen) atoms. The molecule has 6 heteroatoms. The predicted molar refractivity (Wildman–Crippen MR) is 95.0 cm³/mol. The molecule has 0 spiro atoms. The Morgan fingerprint density at radius 3 is 2.55 bits per heavy atom. The Balaban J connectivity index is 0.00000242. The van der Waals surface area contributed by atoms with Crippen LogP contribution in [0.1, 0.15) is 44.2 Å². The lowest BCUT2D eigenvalue weighted by molar-refractivity contribution is 0.159. The van der Waals surface area contributed by atoms with E-state index in [1.807, 2.05) is 0 Å². The van der Waals surface area contributed by atoms with Crippen LogP contribution in [-0.4, -0.2) is 31.1 Å². The van der Waals surface area contributed by atoms with Gasteiger partial charge in [-0.1, -0.05) is 49.4 Å². The van der Waals surface area contributed by atoms with Crippen molar-refractivity contribution < 1.29 is 4.39 Å². The minimum absolute atomic E-state index is 0. The van der Waals surface area contributed by atoms with Crippen molar-refractivity contribution in [3.05, 3.63) is 33.6 Å². The molecule has 2 rings (SSSR count). The average Bonchev–Trinajstić information content (AvgIpc) is 2.51. The Morgan fingerprint density at radius 1 is 1.23 bits per heavy atom. The minimum Gasteiger partial charge on any atom is -0.314 e. The predicted octanol–water partition coefficient (Wildman–Crippen LogP) is 5.08. The van der Waals surface area contributed by atoms with Crippen LogP contribution in [0.15, 0.2) is 12.1 Å². The molecule has 0 bridgehead atoms. The van der Waals surface area contributed by atoms with Crippen molar-refractivity contribution in [2.75, 3.05) is 26.2 Å². The van der Waals surface area contributed by atoms with E-state index in [0.717, 1.165) is 51.9 Å². The summed E-state index contributed by atoms with van der Waals surface area (Å²) in [7, 11) is 0. The lowest BCUT2D eigenvalue weighted by Gasteiger charge is -2.36. The molecule has 0 amide bonds. The van der Waals surface area contributed by atoms with E-state index in [1.165, 1.54) is 12.1 Å². The second-order valence-corrected chi connectivity index (χ2v) is 6.34. The van der Waals surface area contributed by atoms with Crippen LogP contribution in [0.4, 0.5) is 4.39 Å². The molecule has 1 fully saturated rings. The van der Waals surface area contributed by atoms with Crippen LogP contribution in [0.2, 0.25) is 10.0 Å². The van der Waals surface area contributed by atoms with E-state index >= 15 is 0 Å². The van der Waals surface area contributed by atoms with Gasteiger partial charge in [0.25, 0.3) is 0 Å². The van der Waals surface area contributed by atoms with Crippen molar-refractivity contribution in [1.29, 1.82) is 0 Å². The van der Waals surface area contributed by atoms with E-state index in [4.69, 9.17) is 23.2 Å². The highest BCUT2D eigenvalue weighted by molar-refractivity contribution is 6.42. The van der Waals surface area contributed by atoms with Gasteiger partial charge in [-0.15, -0.1) is 12.4 Å². The number of piperazine rings is 1. The summed E-state index contributed by atoms with van der Waals surface area (Å²) in [6, 6.07) is 2.98. The topological polar surface area (TPSA) is 15.3 Å². The molecule has 0 aliphatic carbocycles. The molecule has 2 nitrogen and oxygen atoms in total. The van der Waals surface area contributed by atoms with Crippen LogP contribution in [0.3, 0.4) is 0 Å². The van der Waals surface area contributed by atoms with Crippen LogP contribution in [0.25, 0.3) is 0 Å². The molecule has 0 unspecified atom stereocenters. The Bertz CT molecular complexity index is 465. The summed E-state index contributed by atoms with van der Waals surface area (Å²) in [6.45, 7) is 5.87. The highest BCUT2D eigenvalue weighted by Gasteiger charge is 2.27. The van der Waals surface area contributed by atoms with Gasteiger partial charge in [0.15, 0.2) is 0 Å². The first kappa shape index (κ1) is 20.0. The first-order chi connectivity index (χ1) is 10.1. The lowest BCUT2D eigenvalue weighted by atomic mass is 9.97. The van der Waals surface area contributed by atoms with Gasteiger partial charge in [-0.05, 0) is 18.6 Å². The zero-order valence-electron chi connectivity index (χ0n) is 12.9. The fraction of sp³-hybridized carbons (Fsp3) is 0.625.